The van der Waals surface area contributed by atoms with Crippen LogP contribution in [-0.2, 0) is 9.47 Å². The topological polar surface area (TPSA) is 18.5 Å². The molecule has 0 aromatic carbocycles. The van der Waals surface area contributed by atoms with E-state index in [-0.39, 0.29) is 25.5 Å². The summed E-state index contributed by atoms with van der Waals surface area (Å²) in [6.07, 6.45) is 0. The van der Waals surface area contributed by atoms with Crippen molar-refractivity contribution in [1.29, 1.82) is 0 Å². The number of hydrogen-bond acceptors (Lipinski definition) is 2. The van der Waals surface area contributed by atoms with Gasteiger partial charge in [-0.05, 0) is 0 Å². The van der Waals surface area contributed by atoms with E-state index in [9.17, 15) is 0 Å². The molecule has 0 bridgehead atoms. The Morgan fingerprint density at radius 2 is 2.12 bits per heavy atom. The Bertz CT molecular complexity index is 61.4. The van der Waals surface area contributed by atoms with Crippen LogP contribution in [0, 0.1) is 0 Å². The Morgan fingerprint density at radius 1 is 1.50 bits per heavy atom. The van der Waals surface area contributed by atoms with Gasteiger partial charge in [0, 0.05) is 0 Å². The number of ether oxygens (including phenoxy) is 2. The molecule has 8 heavy (non-hydrogen) atoms. The van der Waals surface area contributed by atoms with Gasteiger partial charge in [-0.2, -0.15) is 0 Å². The maximum absolute atomic E-state index is 5.22. The van der Waals surface area contributed by atoms with Gasteiger partial charge in [-0.1, -0.05) is 0 Å². The molecule has 3 heteroatoms. The molecule has 0 N–H and O–H groups in total. The van der Waals surface area contributed by atoms with Crippen molar-refractivity contribution in [3.8, 4) is 0 Å². The Labute approximate surface area is 59.8 Å². The first kappa shape index (κ1) is 6.77. The molecular weight excluding hydrogens is 219 g/mol. The molecule has 1 heterocycles. The normalized spacial score (nSPS) is 22.6. The van der Waals surface area contributed by atoms with Crippen LogP contribution < -0.4 is 21.2 Å². The van der Waals surface area contributed by atoms with Gasteiger partial charge in [-0.3, -0.25) is 0 Å². The molecule has 1 aliphatic rings. The van der Waals surface area contributed by atoms with Gasteiger partial charge >= 0.3 is 59.5 Å². The summed E-state index contributed by atoms with van der Waals surface area (Å²) in [6.45, 7) is 3.80. The van der Waals surface area contributed by atoms with E-state index < -0.39 is 0 Å². The van der Waals surface area contributed by atoms with Crippen LogP contribution in [0.15, 0.2) is 0 Å². The zero-order valence-corrected chi connectivity index (χ0v) is 7.05. The summed E-state index contributed by atoms with van der Waals surface area (Å²) in [5.74, 6) is 0. The minimum atomic E-state index is 0.180. The Balaban J connectivity index is 2.06. The van der Waals surface area contributed by atoms with Crippen molar-refractivity contribution < 1.29 is 30.7 Å². The number of rotatable bonds is 2. The molecule has 0 aromatic rings. The number of alkyl halides is 2. The van der Waals surface area contributed by atoms with Crippen molar-refractivity contribution in [1.82, 2.24) is 0 Å². The molecule has 1 rings (SSSR count). The van der Waals surface area contributed by atoms with Gasteiger partial charge in [0.15, 0.2) is 0 Å². The van der Waals surface area contributed by atoms with Gasteiger partial charge in [0.2, 0.25) is 0 Å². The first-order chi connectivity index (χ1) is 3.93. The van der Waals surface area contributed by atoms with Crippen LogP contribution in [0.2, 0.25) is 0 Å². The van der Waals surface area contributed by atoms with Crippen LogP contribution in [0.1, 0.15) is 6.92 Å². The molecular formula is C5H10IO2-. The maximum atomic E-state index is 5.22. The van der Waals surface area contributed by atoms with Gasteiger partial charge < -0.3 is 0 Å². The Hall–Kier alpha value is 0.650. The predicted octanol–water partition coefficient (Wildman–Crippen LogP) is -2.57. The van der Waals surface area contributed by atoms with Crippen LogP contribution >= 0.6 is 0 Å². The van der Waals surface area contributed by atoms with Crippen molar-refractivity contribution in [2.75, 3.05) is 17.6 Å². The first-order valence-electron chi connectivity index (χ1n) is 2.74. The fourth-order valence-electron chi connectivity index (χ4n) is 0.545. The van der Waals surface area contributed by atoms with Crippen LogP contribution in [0.5, 0.6) is 0 Å². The summed E-state index contributed by atoms with van der Waals surface area (Å²) in [7, 11) is 0. The fourth-order valence-corrected chi connectivity index (χ4v) is 2.28. The molecule has 0 atom stereocenters. The molecule has 0 amide bonds. The predicted molar refractivity (Wildman–Crippen MR) is 26.2 cm³/mol. The van der Waals surface area contributed by atoms with Gasteiger partial charge in [-0.15, -0.1) is 0 Å². The third-order valence-corrected chi connectivity index (χ3v) is 3.18. The van der Waals surface area contributed by atoms with Crippen LogP contribution in [0.3, 0.4) is 0 Å². The Kier molecular flexibility index (Phi) is 3.07. The summed E-state index contributed by atoms with van der Waals surface area (Å²) >= 11 is 0.180. The van der Waals surface area contributed by atoms with E-state index in [4.69, 9.17) is 9.47 Å². The van der Waals surface area contributed by atoms with Crippen molar-refractivity contribution >= 4 is 0 Å². The number of halogens is 1. The van der Waals surface area contributed by atoms with E-state index in [2.05, 4.69) is 6.92 Å². The van der Waals surface area contributed by atoms with Crippen LogP contribution in [0.4, 0.5) is 0 Å². The molecule has 0 aromatic heterocycles. The average Bonchev–Trinajstić information content (AvgIpc) is 2.19. The molecule has 1 aliphatic heterocycles. The van der Waals surface area contributed by atoms with Gasteiger partial charge in [-0.25, -0.2) is 0 Å². The summed E-state index contributed by atoms with van der Waals surface area (Å²) in [5, 5.41) is 0. The van der Waals surface area contributed by atoms with Gasteiger partial charge in [0.05, 0.1) is 0 Å². The zero-order chi connectivity index (χ0) is 5.82. The van der Waals surface area contributed by atoms with E-state index in [1.807, 2.05) is 0 Å². The SMILES string of the molecule is CC[I-]C1OCCO1. The molecule has 0 aliphatic carbocycles. The molecule has 2 nitrogen and oxygen atoms in total. The van der Waals surface area contributed by atoms with E-state index >= 15 is 0 Å². The molecule has 1 fully saturated rings. The third kappa shape index (κ3) is 1.87. The second-order valence-corrected chi connectivity index (χ2v) is 4.86. The molecule has 1 saturated heterocycles. The number of hydrogen-bond donors (Lipinski definition) is 0. The second-order valence-electron chi connectivity index (χ2n) is 1.44. The van der Waals surface area contributed by atoms with Gasteiger partial charge in [0.1, 0.15) is 0 Å². The van der Waals surface area contributed by atoms with Crippen LogP contribution in [-0.4, -0.2) is 21.9 Å². The summed E-state index contributed by atoms with van der Waals surface area (Å²) < 4.78 is 11.9. The molecule has 50 valence electrons. The molecule has 0 unspecified atom stereocenters. The van der Waals surface area contributed by atoms with Crippen molar-refractivity contribution in [2.45, 2.75) is 11.2 Å². The summed E-state index contributed by atoms with van der Waals surface area (Å²) in [5.41, 5.74) is 0. The zero-order valence-electron chi connectivity index (χ0n) is 4.89. The van der Waals surface area contributed by atoms with Crippen LogP contribution in [0.25, 0.3) is 0 Å². The molecule has 0 saturated carbocycles. The van der Waals surface area contributed by atoms with Gasteiger partial charge in [0.25, 0.3) is 0 Å². The monoisotopic (exact) mass is 229 g/mol. The van der Waals surface area contributed by atoms with Crippen molar-refractivity contribution in [3.05, 3.63) is 0 Å². The van der Waals surface area contributed by atoms with E-state index in [0.717, 1.165) is 13.2 Å². The molecule has 0 spiro atoms. The summed E-state index contributed by atoms with van der Waals surface area (Å²) in [6, 6.07) is 0. The summed E-state index contributed by atoms with van der Waals surface area (Å²) in [4.78, 5) is 0. The second kappa shape index (κ2) is 3.63. The average molecular weight is 229 g/mol. The quantitative estimate of drug-likeness (QED) is 0.382. The minimum absolute atomic E-state index is 0.180. The van der Waals surface area contributed by atoms with E-state index in [1.54, 1.807) is 0 Å². The fraction of sp³-hybridized carbons (Fsp3) is 1.00. The standard InChI is InChI=1S/C5H10IO2/c1-2-6-5-7-3-4-8-5/h5H,2-4H2,1H3/q-1. The molecule has 0 radical (unpaired) electrons. The van der Waals surface area contributed by atoms with Crippen molar-refractivity contribution in [3.63, 3.8) is 0 Å². The Morgan fingerprint density at radius 3 is 2.62 bits per heavy atom. The van der Waals surface area contributed by atoms with E-state index in [0.29, 0.717) is 0 Å². The third-order valence-electron chi connectivity index (χ3n) is 0.861. The first-order valence-corrected chi connectivity index (χ1v) is 5.51. The van der Waals surface area contributed by atoms with Crippen molar-refractivity contribution in [2.24, 2.45) is 0 Å². The van der Waals surface area contributed by atoms with E-state index in [1.165, 1.54) is 4.43 Å².